The second-order valence-electron chi connectivity index (χ2n) is 8.84. The molecule has 1 saturated heterocycles. The van der Waals surface area contributed by atoms with Crippen molar-refractivity contribution in [2.45, 2.75) is 18.5 Å². The van der Waals surface area contributed by atoms with Crippen molar-refractivity contribution in [2.75, 3.05) is 37.4 Å². The van der Waals surface area contributed by atoms with Crippen LogP contribution in [0.4, 0.5) is 24.5 Å². The van der Waals surface area contributed by atoms with Gasteiger partial charge in [0.2, 0.25) is 5.91 Å². The normalized spacial score (nSPS) is 14.9. The average Bonchev–Trinajstić information content (AvgIpc) is 3.37. The number of carbonyl (C=O) groups excluding carboxylic acids is 2. The Morgan fingerprint density at radius 3 is 2.32 bits per heavy atom. The van der Waals surface area contributed by atoms with Gasteiger partial charge in [0.05, 0.1) is 24.9 Å². The Labute approximate surface area is 230 Å². The van der Waals surface area contributed by atoms with E-state index in [0.717, 1.165) is 0 Å². The first-order valence-electron chi connectivity index (χ1n) is 12.1. The molecule has 41 heavy (non-hydrogen) atoms. The van der Waals surface area contributed by atoms with E-state index in [4.69, 9.17) is 14.6 Å². The molecule has 1 aliphatic rings. The maximum atomic E-state index is 12.8. The van der Waals surface area contributed by atoms with Crippen molar-refractivity contribution < 1.29 is 37.4 Å². The molecule has 1 unspecified atom stereocenters. The molecule has 15 heteroatoms. The number of aromatic amines is 2. The van der Waals surface area contributed by atoms with E-state index in [1.165, 1.54) is 6.07 Å². The Bertz CT molecular complexity index is 1470. The summed E-state index contributed by atoms with van der Waals surface area (Å²) in [5.41, 5.74) is 0.938. The maximum absolute atomic E-state index is 12.8. The van der Waals surface area contributed by atoms with Crippen LogP contribution in [0.3, 0.4) is 0 Å². The summed E-state index contributed by atoms with van der Waals surface area (Å²) >= 11 is 0. The number of carboxylic acid groups (broad SMARTS) is 1. The number of ether oxygens (including phenoxy) is 1. The van der Waals surface area contributed by atoms with Crippen molar-refractivity contribution in [2.24, 2.45) is 0 Å². The van der Waals surface area contributed by atoms with Crippen molar-refractivity contribution in [3.8, 4) is 5.75 Å². The number of methoxy groups -OCH3 is 1. The van der Waals surface area contributed by atoms with Gasteiger partial charge in [-0.15, -0.1) is 0 Å². The zero-order valence-electron chi connectivity index (χ0n) is 21.6. The van der Waals surface area contributed by atoms with E-state index in [0.29, 0.717) is 47.9 Å². The molecule has 2 amide bonds. The van der Waals surface area contributed by atoms with Gasteiger partial charge in [0.15, 0.2) is 0 Å². The van der Waals surface area contributed by atoms with E-state index in [-0.39, 0.29) is 24.3 Å². The van der Waals surface area contributed by atoms with Crippen molar-refractivity contribution in [3.05, 3.63) is 86.7 Å². The molecule has 5 N–H and O–H groups in total. The third kappa shape index (κ3) is 9.06. The van der Waals surface area contributed by atoms with Crippen LogP contribution in [0.15, 0.2) is 64.2 Å². The number of para-hydroxylation sites is 1. The van der Waals surface area contributed by atoms with Gasteiger partial charge in [0.25, 0.3) is 11.5 Å². The number of carboxylic acids is 1. The lowest BCUT2D eigenvalue weighted by Crippen LogP contribution is -2.32. The highest BCUT2D eigenvalue weighted by molar-refractivity contribution is 6.10. The SMILES string of the molecule is COc1ccc(NC(=O)c2ccccc2NC(=O)CN2CCC(c3cc(=O)[nH]c(=O)[nH]3)C2)cc1.O=C(O)C(F)(F)F. The van der Waals surface area contributed by atoms with Crippen molar-refractivity contribution in [3.63, 3.8) is 0 Å². The lowest BCUT2D eigenvalue weighted by Gasteiger charge is -2.17. The molecule has 0 aliphatic carbocycles. The zero-order valence-corrected chi connectivity index (χ0v) is 21.6. The molecule has 0 bridgehead atoms. The molecule has 12 nitrogen and oxygen atoms in total. The molecule has 1 atom stereocenters. The molecule has 218 valence electrons. The predicted molar refractivity (Wildman–Crippen MR) is 141 cm³/mol. The third-order valence-corrected chi connectivity index (χ3v) is 5.90. The lowest BCUT2D eigenvalue weighted by atomic mass is 10.1. The smallest absolute Gasteiger partial charge is 0.490 e. The van der Waals surface area contributed by atoms with Gasteiger partial charge in [0, 0.05) is 29.9 Å². The number of carbonyl (C=O) groups is 3. The number of nitrogens with zero attached hydrogens (tertiary/aromatic N) is 1. The summed E-state index contributed by atoms with van der Waals surface area (Å²) in [6.45, 7) is 1.30. The number of halogens is 3. The van der Waals surface area contributed by atoms with E-state index in [1.807, 2.05) is 4.90 Å². The number of likely N-dealkylation sites (tertiary alicyclic amines) is 1. The van der Waals surface area contributed by atoms with Crippen LogP contribution >= 0.6 is 0 Å². The molecule has 1 fully saturated rings. The number of rotatable bonds is 7. The fourth-order valence-electron chi connectivity index (χ4n) is 3.99. The van der Waals surface area contributed by atoms with E-state index in [9.17, 15) is 32.3 Å². The molecule has 4 rings (SSSR count). The van der Waals surface area contributed by atoms with Gasteiger partial charge in [-0.3, -0.25) is 24.3 Å². The number of amides is 2. The average molecular weight is 578 g/mol. The molecule has 3 aromatic rings. The molecule has 0 spiro atoms. The number of anilines is 2. The van der Waals surface area contributed by atoms with Crippen LogP contribution in [-0.4, -0.2) is 70.7 Å². The van der Waals surface area contributed by atoms with Crippen LogP contribution in [0.1, 0.15) is 28.4 Å². The van der Waals surface area contributed by atoms with Gasteiger partial charge < -0.3 is 25.5 Å². The molecule has 2 aromatic carbocycles. The quantitative estimate of drug-likeness (QED) is 0.285. The van der Waals surface area contributed by atoms with Gasteiger partial charge in [-0.25, -0.2) is 9.59 Å². The van der Waals surface area contributed by atoms with Gasteiger partial charge in [0.1, 0.15) is 5.75 Å². The molecule has 0 saturated carbocycles. The first kappa shape index (κ1) is 30.6. The first-order valence-corrected chi connectivity index (χ1v) is 12.1. The fourth-order valence-corrected chi connectivity index (χ4v) is 3.99. The topological polar surface area (TPSA) is 174 Å². The maximum Gasteiger partial charge on any atom is 0.490 e. The second-order valence-corrected chi connectivity index (χ2v) is 8.84. The number of hydrogen-bond acceptors (Lipinski definition) is 7. The van der Waals surface area contributed by atoms with E-state index in [2.05, 4.69) is 20.6 Å². The number of alkyl halides is 3. The molecule has 1 aliphatic heterocycles. The van der Waals surface area contributed by atoms with Crippen LogP contribution in [0.2, 0.25) is 0 Å². The summed E-state index contributed by atoms with van der Waals surface area (Å²) < 4.78 is 36.9. The Kier molecular flexibility index (Phi) is 10.0. The monoisotopic (exact) mass is 577 g/mol. The number of hydrogen-bond donors (Lipinski definition) is 5. The summed E-state index contributed by atoms with van der Waals surface area (Å²) in [5.74, 6) is -2.72. The van der Waals surface area contributed by atoms with Crippen LogP contribution in [0, 0.1) is 0 Å². The Balaban J connectivity index is 0.000000587. The van der Waals surface area contributed by atoms with Gasteiger partial charge in [-0.1, -0.05) is 12.1 Å². The van der Waals surface area contributed by atoms with Crippen LogP contribution in [-0.2, 0) is 9.59 Å². The van der Waals surface area contributed by atoms with Crippen LogP contribution in [0.5, 0.6) is 5.75 Å². The number of benzene rings is 2. The van der Waals surface area contributed by atoms with Gasteiger partial charge in [-0.2, -0.15) is 13.2 Å². The standard InChI is InChI=1S/C24H25N5O5.C2HF3O2/c1-34-17-8-6-16(7-9-17)25-23(32)18-4-2-3-5-19(18)26-22(31)14-29-11-10-15(13-29)20-12-21(30)28-24(33)27-20;3-2(4,5)1(6)7/h2-9,12,15H,10-11,13-14H2,1H3,(H,25,32)(H,26,31)(H2,27,28,30,33);(H,6,7). The van der Waals surface area contributed by atoms with Crippen molar-refractivity contribution in [1.29, 1.82) is 0 Å². The number of aromatic nitrogens is 2. The first-order chi connectivity index (χ1) is 19.3. The van der Waals surface area contributed by atoms with E-state index >= 15 is 0 Å². The second kappa shape index (κ2) is 13.4. The highest BCUT2D eigenvalue weighted by Gasteiger charge is 2.38. The van der Waals surface area contributed by atoms with Crippen molar-refractivity contribution >= 4 is 29.2 Å². The highest BCUT2D eigenvalue weighted by atomic mass is 19.4. The van der Waals surface area contributed by atoms with Gasteiger partial charge in [-0.05, 0) is 49.4 Å². The zero-order chi connectivity index (χ0) is 30.2. The molecular formula is C26H26F3N5O7. The summed E-state index contributed by atoms with van der Waals surface area (Å²) in [6, 6.07) is 15.1. The Hall–Kier alpha value is -4.92. The van der Waals surface area contributed by atoms with Gasteiger partial charge >= 0.3 is 17.8 Å². The van der Waals surface area contributed by atoms with E-state index in [1.54, 1.807) is 55.6 Å². The minimum absolute atomic E-state index is 0.0367. The number of aliphatic carboxylic acids is 1. The summed E-state index contributed by atoms with van der Waals surface area (Å²) in [6.07, 6.45) is -4.37. The molecular weight excluding hydrogens is 551 g/mol. The highest BCUT2D eigenvalue weighted by Crippen LogP contribution is 2.25. The fraction of sp³-hybridized carbons (Fsp3) is 0.269. The predicted octanol–water partition coefficient (Wildman–Crippen LogP) is 2.39. The Morgan fingerprint density at radius 2 is 1.71 bits per heavy atom. The summed E-state index contributed by atoms with van der Waals surface area (Å²) in [5, 5.41) is 12.8. The van der Waals surface area contributed by atoms with Crippen LogP contribution in [0.25, 0.3) is 0 Å². The number of nitrogens with one attached hydrogen (secondary N) is 4. The molecule has 0 radical (unpaired) electrons. The molecule has 1 aromatic heterocycles. The minimum atomic E-state index is -5.08. The van der Waals surface area contributed by atoms with Crippen molar-refractivity contribution in [1.82, 2.24) is 14.9 Å². The lowest BCUT2D eigenvalue weighted by molar-refractivity contribution is -0.192. The number of H-pyrrole nitrogens is 2. The van der Waals surface area contributed by atoms with E-state index < -0.39 is 23.4 Å². The van der Waals surface area contributed by atoms with Crippen LogP contribution < -0.4 is 26.6 Å². The Morgan fingerprint density at radius 1 is 1.05 bits per heavy atom. The largest absolute Gasteiger partial charge is 0.497 e. The minimum Gasteiger partial charge on any atom is -0.497 e. The summed E-state index contributed by atoms with van der Waals surface area (Å²) in [4.78, 5) is 64.3. The summed E-state index contributed by atoms with van der Waals surface area (Å²) in [7, 11) is 1.57. The molecule has 2 heterocycles. The third-order valence-electron chi connectivity index (χ3n) is 5.90.